The quantitative estimate of drug-likeness (QED) is 0.467. The zero-order valence-corrected chi connectivity index (χ0v) is 11.6. The second-order valence-corrected chi connectivity index (χ2v) is 5.65. The molecule has 2 amide bonds. The van der Waals surface area contributed by atoms with E-state index in [2.05, 4.69) is 5.32 Å². The number of sulfonamides is 1. The third kappa shape index (κ3) is 4.50. The third-order valence-electron chi connectivity index (χ3n) is 2.40. The van der Waals surface area contributed by atoms with Gasteiger partial charge in [-0.1, -0.05) is 13.3 Å². The third-order valence-corrected chi connectivity index (χ3v) is 3.75. The van der Waals surface area contributed by atoms with Crippen LogP contribution in [-0.2, 0) is 10.0 Å². The van der Waals surface area contributed by atoms with E-state index in [0.29, 0.717) is 6.54 Å². The molecule has 0 aliphatic rings. The Bertz CT molecular complexity index is 583. The minimum atomic E-state index is -4.02. The summed E-state index contributed by atoms with van der Waals surface area (Å²) in [4.78, 5) is 21.0. The summed E-state index contributed by atoms with van der Waals surface area (Å²) in [5.74, 6) is 0. The van der Waals surface area contributed by atoms with Gasteiger partial charge in [-0.15, -0.1) is 0 Å². The number of hydrogen-bond acceptors (Lipinski definition) is 5. The molecule has 20 heavy (non-hydrogen) atoms. The van der Waals surface area contributed by atoms with E-state index in [9.17, 15) is 23.3 Å². The second kappa shape index (κ2) is 6.85. The van der Waals surface area contributed by atoms with Gasteiger partial charge in [-0.3, -0.25) is 10.1 Å². The summed E-state index contributed by atoms with van der Waals surface area (Å²) in [5, 5.41) is 12.9. The molecule has 2 N–H and O–H groups in total. The maximum atomic E-state index is 11.8. The number of benzene rings is 1. The van der Waals surface area contributed by atoms with Crippen LogP contribution in [0.4, 0.5) is 10.5 Å². The molecular weight excluding hydrogens is 286 g/mol. The Kier molecular flexibility index (Phi) is 5.44. The van der Waals surface area contributed by atoms with Crippen LogP contribution >= 0.6 is 0 Å². The van der Waals surface area contributed by atoms with E-state index in [1.165, 1.54) is 0 Å². The smallest absolute Gasteiger partial charge is 0.328 e. The van der Waals surface area contributed by atoms with E-state index in [-0.39, 0.29) is 10.6 Å². The van der Waals surface area contributed by atoms with Crippen LogP contribution in [0.1, 0.15) is 19.8 Å². The summed E-state index contributed by atoms with van der Waals surface area (Å²) in [5.41, 5.74) is -0.226. The summed E-state index contributed by atoms with van der Waals surface area (Å²) in [7, 11) is -4.02. The molecule has 0 radical (unpaired) electrons. The molecule has 0 atom stereocenters. The van der Waals surface area contributed by atoms with Gasteiger partial charge in [0, 0.05) is 18.7 Å². The van der Waals surface area contributed by atoms with E-state index < -0.39 is 21.0 Å². The summed E-state index contributed by atoms with van der Waals surface area (Å²) >= 11 is 0. The maximum absolute atomic E-state index is 11.8. The zero-order chi connectivity index (χ0) is 15.2. The lowest BCUT2D eigenvalue weighted by Gasteiger charge is -2.08. The average Bonchev–Trinajstić information content (AvgIpc) is 2.38. The van der Waals surface area contributed by atoms with E-state index in [1.807, 2.05) is 11.6 Å². The first-order valence-corrected chi connectivity index (χ1v) is 7.40. The molecular formula is C11H15N3O5S. The van der Waals surface area contributed by atoms with Crippen LogP contribution in [0.5, 0.6) is 0 Å². The summed E-state index contributed by atoms with van der Waals surface area (Å²) in [6.07, 6.45) is 1.61. The van der Waals surface area contributed by atoms with Crippen molar-refractivity contribution >= 4 is 21.7 Å². The maximum Gasteiger partial charge on any atom is 0.328 e. The van der Waals surface area contributed by atoms with Crippen molar-refractivity contribution in [2.24, 2.45) is 0 Å². The fourth-order valence-electron chi connectivity index (χ4n) is 1.34. The van der Waals surface area contributed by atoms with E-state index in [4.69, 9.17) is 0 Å². The van der Waals surface area contributed by atoms with Gasteiger partial charge in [-0.2, -0.15) is 0 Å². The standard InChI is InChI=1S/C11H15N3O5S/c1-2-3-8-12-11(15)13-20(18,19)10-6-4-9(5-7-10)14(16)17/h4-7H,2-3,8H2,1H3,(H2,12,13,15). The molecule has 0 spiro atoms. The Morgan fingerprint density at radius 3 is 2.40 bits per heavy atom. The number of hydrogen-bond donors (Lipinski definition) is 2. The SMILES string of the molecule is CCCCNC(=O)NS(=O)(=O)c1ccc([N+](=O)[O-])cc1. The van der Waals surface area contributed by atoms with Gasteiger partial charge in [0.25, 0.3) is 15.7 Å². The van der Waals surface area contributed by atoms with Crippen LogP contribution in [-0.4, -0.2) is 25.9 Å². The van der Waals surface area contributed by atoms with Gasteiger partial charge in [0.2, 0.25) is 0 Å². The second-order valence-electron chi connectivity index (χ2n) is 3.97. The topological polar surface area (TPSA) is 118 Å². The number of nitro groups is 1. The number of nitro benzene ring substituents is 1. The number of amides is 2. The van der Waals surface area contributed by atoms with Crippen molar-refractivity contribution in [3.8, 4) is 0 Å². The van der Waals surface area contributed by atoms with E-state index >= 15 is 0 Å². The summed E-state index contributed by atoms with van der Waals surface area (Å²) < 4.78 is 25.5. The van der Waals surface area contributed by atoms with Crippen molar-refractivity contribution in [3.05, 3.63) is 34.4 Å². The van der Waals surface area contributed by atoms with Crippen molar-refractivity contribution in [1.82, 2.24) is 10.0 Å². The van der Waals surface area contributed by atoms with Gasteiger partial charge in [-0.05, 0) is 18.6 Å². The van der Waals surface area contributed by atoms with Crippen molar-refractivity contribution in [2.45, 2.75) is 24.7 Å². The lowest BCUT2D eigenvalue weighted by molar-refractivity contribution is -0.384. The minimum absolute atomic E-state index is 0.214. The lowest BCUT2D eigenvalue weighted by Crippen LogP contribution is -2.39. The van der Waals surface area contributed by atoms with Crippen LogP contribution < -0.4 is 10.0 Å². The van der Waals surface area contributed by atoms with Crippen molar-refractivity contribution in [1.29, 1.82) is 0 Å². The molecule has 1 rings (SSSR count). The lowest BCUT2D eigenvalue weighted by atomic mass is 10.3. The Morgan fingerprint density at radius 1 is 1.30 bits per heavy atom. The monoisotopic (exact) mass is 301 g/mol. The van der Waals surface area contributed by atoms with Crippen LogP contribution in [0, 0.1) is 10.1 Å². The summed E-state index contributed by atoms with van der Waals surface area (Å²) in [6.45, 7) is 2.31. The number of nitrogens with one attached hydrogen (secondary N) is 2. The van der Waals surface area contributed by atoms with Gasteiger partial charge in [-0.25, -0.2) is 17.9 Å². The van der Waals surface area contributed by atoms with Gasteiger partial charge < -0.3 is 5.32 Å². The zero-order valence-electron chi connectivity index (χ0n) is 10.8. The molecule has 0 heterocycles. The average molecular weight is 301 g/mol. The predicted octanol–water partition coefficient (Wildman–Crippen LogP) is 1.38. The molecule has 0 aromatic heterocycles. The Hall–Kier alpha value is -2.16. The van der Waals surface area contributed by atoms with Gasteiger partial charge >= 0.3 is 6.03 Å². The minimum Gasteiger partial charge on any atom is -0.337 e. The molecule has 0 aliphatic carbocycles. The number of urea groups is 1. The van der Waals surface area contributed by atoms with Crippen molar-refractivity contribution in [2.75, 3.05) is 6.54 Å². The fourth-order valence-corrected chi connectivity index (χ4v) is 2.27. The van der Waals surface area contributed by atoms with Gasteiger partial charge in [0.15, 0.2) is 0 Å². The Balaban J connectivity index is 2.73. The van der Waals surface area contributed by atoms with Crippen LogP contribution in [0.15, 0.2) is 29.2 Å². The predicted molar refractivity (Wildman–Crippen MR) is 71.7 cm³/mol. The number of non-ortho nitro benzene ring substituents is 1. The molecule has 0 fully saturated rings. The summed E-state index contributed by atoms with van der Waals surface area (Å²) in [6, 6.07) is 3.43. The Morgan fingerprint density at radius 2 is 1.90 bits per heavy atom. The van der Waals surface area contributed by atoms with Crippen LogP contribution in [0.3, 0.4) is 0 Å². The molecule has 1 aromatic rings. The first-order chi connectivity index (χ1) is 9.36. The highest BCUT2D eigenvalue weighted by Crippen LogP contribution is 2.15. The molecule has 8 nitrogen and oxygen atoms in total. The molecule has 0 saturated carbocycles. The van der Waals surface area contributed by atoms with E-state index in [1.54, 1.807) is 0 Å². The Labute approximate surface area is 116 Å². The highest BCUT2D eigenvalue weighted by Gasteiger charge is 2.18. The number of nitrogens with zero attached hydrogens (tertiary/aromatic N) is 1. The van der Waals surface area contributed by atoms with Crippen LogP contribution in [0.25, 0.3) is 0 Å². The van der Waals surface area contributed by atoms with E-state index in [0.717, 1.165) is 37.1 Å². The van der Waals surface area contributed by atoms with Gasteiger partial charge in [0.1, 0.15) is 0 Å². The van der Waals surface area contributed by atoms with Crippen molar-refractivity contribution < 1.29 is 18.1 Å². The molecule has 9 heteroatoms. The molecule has 0 saturated heterocycles. The highest BCUT2D eigenvalue weighted by molar-refractivity contribution is 7.90. The highest BCUT2D eigenvalue weighted by atomic mass is 32.2. The molecule has 0 unspecified atom stereocenters. The molecule has 1 aromatic carbocycles. The molecule has 0 aliphatic heterocycles. The number of carbonyl (C=O) groups is 1. The molecule has 110 valence electrons. The largest absolute Gasteiger partial charge is 0.337 e. The first kappa shape index (κ1) is 15.9. The number of carbonyl (C=O) groups excluding carboxylic acids is 1. The van der Waals surface area contributed by atoms with Crippen molar-refractivity contribution in [3.63, 3.8) is 0 Å². The molecule has 0 bridgehead atoms. The van der Waals surface area contributed by atoms with Gasteiger partial charge in [0.05, 0.1) is 9.82 Å². The van der Waals surface area contributed by atoms with Crippen LogP contribution in [0.2, 0.25) is 0 Å². The fraction of sp³-hybridized carbons (Fsp3) is 0.364. The number of rotatable bonds is 6. The number of unbranched alkanes of at least 4 members (excludes halogenated alkanes) is 1. The normalized spacial score (nSPS) is 10.8. The first-order valence-electron chi connectivity index (χ1n) is 5.92.